The zero-order chi connectivity index (χ0) is 21.7. The number of hydrogen-bond donors (Lipinski definition) is 1. The molecule has 0 saturated heterocycles. The average molecular weight is 411 g/mol. The molecule has 158 valence electrons. The highest BCUT2D eigenvalue weighted by molar-refractivity contribution is 5.94. The minimum absolute atomic E-state index is 0.149. The van der Waals surface area contributed by atoms with Crippen LogP contribution in [0.2, 0.25) is 0 Å². The van der Waals surface area contributed by atoms with E-state index in [9.17, 15) is 9.18 Å². The number of ether oxygens (including phenoxy) is 1. The maximum Gasteiger partial charge on any atom is 0.251 e. The molecule has 2 aromatic carbocycles. The van der Waals surface area contributed by atoms with Crippen molar-refractivity contribution in [3.05, 3.63) is 82.5 Å². The van der Waals surface area contributed by atoms with E-state index in [4.69, 9.17) is 9.26 Å². The summed E-state index contributed by atoms with van der Waals surface area (Å²) in [5.41, 5.74) is 2.97. The maximum absolute atomic E-state index is 13.6. The number of aromatic nitrogens is 1. The second kappa shape index (κ2) is 9.54. The summed E-state index contributed by atoms with van der Waals surface area (Å²) in [7, 11) is 3.79. The number of carbonyl (C=O) groups is 1. The fraction of sp³-hybridized carbons (Fsp3) is 0.304. The lowest BCUT2D eigenvalue weighted by Crippen LogP contribution is -2.34. The van der Waals surface area contributed by atoms with Crippen LogP contribution in [0.1, 0.15) is 39.0 Å². The molecule has 0 radical (unpaired) electrons. The third-order valence-corrected chi connectivity index (χ3v) is 4.97. The summed E-state index contributed by atoms with van der Waals surface area (Å²) in [6.07, 6.45) is 0. The van der Waals surface area contributed by atoms with Crippen molar-refractivity contribution in [3.8, 4) is 5.75 Å². The third-order valence-electron chi connectivity index (χ3n) is 4.97. The van der Waals surface area contributed by atoms with Crippen LogP contribution in [-0.2, 0) is 6.61 Å². The molecule has 0 spiro atoms. The number of nitrogens with zero attached hydrogens (tertiary/aromatic N) is 2. The van der Waals surface area contributed by atoms with Gasteiger partial charge in [0.05, 0.1) is 17.3 Å². The van der Waals surface area contributed by atoms with Crippen molar-refractivity contribution < 1.29 is 18.4 Å². The zero-order valence-corrected chi connectivity index (χ0v) is 17.6. The lowest BCUT2D eigenvalue weighted by Gasteiger charge is -2.25. The van der Waals surface area contributed by atoms with E-state index in [-0.39, 0.29) is 17.8 Å². The minimum Gasteiger partial charge on any atom is -0.489 e. The van der Waals surface area contributed by atoms with Crippen molar-refractivity contribution in [2.75, 3.05) is 20.6 Å². The SMILES string of the molecule is Cc1noc(C)c1COc1cccc(C(=O)NCC(c2cccc(F)c2)N(C)C)c1. The fourth-order valence-corrected chi connectivity index (χ4v) is 3.19. The lowest BCUT2D eigenvalue weighted by atomic mass is 10.1. The summed E-state index contributed by atoms with van der Waals surface area (Å²) in [6, 6.07) is 13.3. The molecule has 1 heterocycles. The Bertz CT molecular complexity index is 997. The standard InChI is InChI=1S/C23H26FN3O3/c1-15-21(16(2)30-26-15)14-29-20-10-6-8-18(12-20)23(28)25-13-22(27(3)4)17-7-5-9-19(24)11-17/h5-12,22H,13-14H2,1-4H3,(H,25,28). The van der Waals surface area contributed by atoms with Crippen molar-refractivity contribution in [3.63, 3.8) is 0 Å². The number of rotatable bonds is 8. The predicted octanol–water partition coefficient (Wildman–Crippen LogP) is 4.04. The monoisotopic (exact) mass is 411 g/mol. The third kappa shape index (κ3) is 5.24. The van der Waals surface area contributed by atoms with Crippen molar-refractivity contribution in [2.24, 2.45) is 0 Å². The molecule has 1 aromatic heterocycles. The number of aryl methyl sites for hydroxylation is 2. The Kier molecular flexibility index (Phi) is 6.84. The van der Waals surface area contributed by atoms with E-state index in [1.54, 1.807) is 30.3 Å². The first-order chi connectivity index (χ1) is 14.3. The molecule has 1 amide bonds. The average Bonchev–Trinajstić information content (AvgIpc) is 3.04. The highest BCUT2D eigenvalue weighted by Crippen LogP contribution is 2.20. The van der Waals surface area contributed by atoms with Gasteiger partial charge in [-0.05, 0) is 63.8 Å². The van der Waals surface area contributed by atoms with Gasteiger partial charge in [0.25, 0.3) is 5.91 Å². The lowest BCUT2D eigenvalue weighted by molar-refractivity contribution is 0.0941. The Hall–Kier alpha value is -3.19. The molecule has 0 fully saturated rings. The molecular weight excluding hydrogens is 385 g/mol. The molecule has 6 nitrogen and oxygen atoms in total. The molecular formula is C23H26FN3O3. The van der Waals surface area contributed by atoms with Crippen LogP contribution in [0.5, 0.6) is 5.75 Å². The summed E-state index contributed by atoms with van der Waals surface area (Å²) < 4.78 is 24.6. The zero-order valence-electron chi connectivity index (χ0n) is 17.6. The molecule has 30 heavy (non-hydrogen) atoms. The Labute approximate surface area is 175 Å². The number of hydrogen-bond acceptors (Lipinski definition) is 5. The van der Waals surface area contributed by atoms with Crippen LogP contribution in [0.15, 0.2) is 53.1 Å². The summed E-state index contributed by atoms with van der Waals surface area (Å²) in [4.78, 5) is 14.6. The number of carbonyl (C=O) groups excluding carboxylic acids is 1. The van der Waals surface area contributed by atoms with Gasteiger partial charge in [-0.2, -0.15) is 0 Å². The number of halogens is 1. The summed E-state index contributed by atoms with van der Waals surface area (Å²) >= 11 is 0. The Morgan fingerprint density at radius 1 is 1.20 bits per heavy atom. The Morgan fingerprint density at radius 2 is 1.97 bits per heavy atom. The summed E-state index contributed by atoms with van der Waals surface area (Å²) in [5, 5.41) is 6.84. The number of amides is 1. The van der Waals surface area contributed by atoms with Crippen LogP contribution in [0.3, 0.4) is 0 Å². The van der Waals surface area contributed by atoms with Crippen molar-refractivity contribution in [1.29, 1.82) is 0 Å². The van der Waals surface area contributed by atoms with Gasteiger partial charge in [0.2, 0.25) is 0 Å². The first-order valence-electron chi connectivity index (χ1n) is 9.70. The van der Waals surface area contributed by atoms with E-state index in [0.29, 0.717) is 30.2 Å². The van der Waals surface area contributed by atoms with Crippen LogP contribution in [0.25, 0.3) is 0 Å². The van der Waals surface area contributed by atoms with Crippen LogP contribution >= 0.6 is 0 Å². The second-order valence-electron chi connectivity index (χ2n) is 7.36. The molecule has 1 atom stereocenters. The molecule has 0 aliphatic rings. The van der Waals surface area contributed by atoms with Crippen molar-refractivity contribution in [2.45, 2.75) is 26.5 Å². The highest BCUT2D eigenvalue weighted by Gasteiger charge is 2.17. The van der Waals surface area contributed by atoms with Gasteiger partial charge >= 0.3 is 0 Å². The molecule has 0 aliphatic carbocycles. The largest absolute Gasteiger partial charge is 0.489 e. The van der Waals surface area contributed by atoms with Crippen LogP contribution < -0.4 is 10.1 Å². The van der Waals surface area contributed by atoms with Gasteiger partial charge in [-0.25, -0.2) is 4.39 Å². The smallest absolute Gasteiger partial charge is 0.251 e. The van der Waals surface area contributed by atoms with Crippen LogP contribution in [0.4, 0.5) is 4.39 Å². The van der Waals surface area contributed by atoms with Crippen LogP contribution in [-0.4, -0.2) is 36.6 Å². The topological polar surface area (TPSA) is 67.6 Å². The maximum atomic E-state index is 13.6. The van der Waals surface area contributed by atoms with Gasteiger partial charge in [0.15, 0.2) is 0 Å². The summed E-state index contributed by atoms with van der Waals surface area (Å²) in [6.45, 7) is 4.36. The molecule has 0 aliphatic heterocycles. The normalized spacial score (nSPS) is 12.1. The van der Waals surface area contributed by atoms with Gasteiger partial charge in [0, 0.05) is 12.1 Å². The predicted molar refractivity (Wildman–Crippen MR) is 112 cm³/mol. The summed E-state index contributed by atoms with van der Waals surface area (Å²) in [5.74, 6) is 0.778. The van der Waals surface area contributed by atoms with E-state index < -0.39 is 0 Å². The van der Waals surface area contributed by atoms with E-state index in [1.165, 1.54) is 12.1 Å². The fourth-order valence-electron chi connectivity index (χ4n) is 3.19. The van der Waals surface area contributed by atoms with E-state index >= 15 is 0 Å². The highest BCUT2D eigenvalue weighted by atomic mass is 19.1. The van der Waals surface area contributed by atoms with Gasteiger partial charge in [-0.15, -0.1) is 0 Å². The molecule has 7 heteroatoms. The van der Waals surface area contributed by atoms with Crippen LogP contribution in [0, 0.1) is 19.7 Å². The quantitative estimate of drug-likeness (QED) is 0.606. The van der Waals surface area contributed by atoms with Gasteiger partial charge in [-0.3, -0.25) is 4.79 Å². The minimum atomic E-state index is -0.297. The molecule has 0 bridgehead atoms. The first-order valence-corrected chi connectivity index (χ1v) is 9.70. The molecule has 1 unspecified atom stereocenters. The van der Waals surface area contributed by atoms with E-state index in [1.807, 2.05) is 38.9 Å². The first kappa shape index (κ1) is 21.5. The molecule has 3 aromatic rings. The number of benzene rings is 2. The van der Waals surface area contributed by atoms with Crippen molar-refractivity contribution >= 4 is 5.91 Å². The van der Waals surface area contributed by atoms with Gasteiger partial charge in [-0.1, -0.05) is 23.4 Å². The second-order valence-corrected chi connectivity index (χ2v) is 7.36. The Morgan fingerprint density at radius 3 is 2.63 bits per heavy atom. The van der Waals surface area contributed by atoms with Gasteiger partial charge < -0.3 is 19.5 Å². The molecule has 0 saturated carbocycles. The number of likely N-dealkylation sites (N-methyl/N-ethyl adjacent to an activating group) is 1. The van der Waals surface area contributed by atoms with Crippen molar-refractivity contribution in [1.82, 2.24) is 15.4 Å². The molecule has 1 N–H and O–H groups in total. The van der Waals surface area contributed by atoms with Gasteiger partial charge in [0.1, 0.15) is 23.9 Å². The Balaban J connectivity index is 1.64. The number of nitrogens with one attached hydrogen (secondary N) is 1. The van der Waals surface area contributed by atoms with E-state index in [0.717, 1.165) is 16.8 Å². The molecule has 3 rings (SSSR count). The van der Waals surface area contributed by atoms with E-state index in [2.05, 4.69) is 10.5 Å².